The van der Waals surface area contributed by atoms with Crippen molar-refractivity contribution in [3.63, 3.8) is 0 Å². The highest BCUT2D eigenvalue weighted by Crippen LogP contribution is 2.26. The summed E-state index contributed by atoms with van der Waals surface area (Å²) in [4.78, 5) is 28.1. The van der Waals surface area contributed by atoms with Gasteiger partial charge >= 0.3 is 0 Å². The van der Waals surface area contributed by atoms with Gasteiger partial charge in [0.25, 0.3) is 0 Å². The molecule has 3 rings (SSSR count). The molecule has 1 fully saturated rings. The van der Waals surface area contributed by atoms with Crippen LogP contribution in [0.2, 0.25) is 0 Å². The molecule has 2 amide bonds. The van der Waals surface area contributed by atoms with Crippen LogP contribution in [0.15, 0.2) is 36.9 Å². The first-order valence-electron chi connectivity index (χ1n) is 8.48. The number of carbonyl (C=O) groups is 2. The lowest BCUT2D eigenvalue weighted by molar-refractivity contribution is -0.125. The highest BCUT2D eigenvalue weighted by Gasteiger charge is 2.30. The van der Waals surface area contributed by atoms with Crippen molar-refractivity contribution >= 4 is 11.8 Å². The summed E-state index contributed by atoms with van der Waals surface area (Å²) >= 11 is 0. The molecule has 1 aliphatic rings. The molecule has 1 aromatic heterocycles. The number of benzene rings is 1. The molecule has 0 saturated heterocycles. The highest BCUT2D eigenvalue weighted by molar-refractivity contribution is 5.79. The van der Waals surface area contributed by atoms with Gasteiger partial charge < -0.3 is 15.2 Å². The molecule has 0 spiro atoms. The first-order chi connectivity index (χ1) is 12.5. The van der Waals surface area contributed by atoms with Crippen molar-refractivity contribution in [1.82, 2.24) is 20.2 Å². The SMILES string of the molecule is O=C(Cn1ccnc1)N[C@@H]1CC[C@H](C(=O)NCc2ccc(F)c(F)c2)C1. The lowest BCUT2D eigenvalue weighted by Crippen LogP contribution is -2.36. The topological polar surface area (TPSA) is 76.0 Å². The van der Waals surface area contributed by atoms with Gasteiger partial charge in [0.05, 0.1) is 6.33 Å². The molecule has 138 valence electrons. The summed E-state index contributed by atoms with van der Waals surface area (Å²) in [5, 5.41) is 5.68. The summed E-state index contributed by atoms with van der Waals surface area (Å²) in [5.41, 5.74) is 0.500. The van der Waals surface area contributed by atoms with Gasteiger partial charge in [-0.3, -0.25) is 9.59 Å². The van der Waals surface area contributed by atoms with E-state index in [0.717, 1.165) is 18.6 Å². The van der Waals surface area contributed by atoms with Crippen LogP contribution < -0.4 is 10.6 Å². The zero-order valence-electron chi connectivity index (χ0n) is 14.1. The van der Waals surface area contributed by atoms with Gasteiger partial charge in [-0.15, -0.1) is 0 Å². The maximum atomic E-state index is 13.2. The van der Waals surface area contributed by atoms with Gasteiger partial charge in [-0.2, -0.15) is 0 Å². The summed E-state index contributed by atoms with van der Waals surface area (Å²) in [6.45, 7) is 0.341. The summed E-state index contributed by atoms with van der Waals surface area (Å²) < 4.78 is 27.8. The van der Waals surface area contributed by atoms with Crippen LogP contribution in [0.5, 0.6) is 0 Å². The van der Waals surface area contributed by atoms with Crippen LogP contribution in [-0.4, -0.2) is 27.4 Å². The standard InChI is InChI=1S/C18H20F2N4O2/c19-15-4-1-12(7-16(15)20)9-22-18(26)13-2-3-14(8-13)23-17(25)10-24-6-5-21-11-24/h1,4-7,11,13-14H,2-3,8-10H2,(H,22,26)(H,23,25)/t13-,14+/m0/s1. The zero-order valence-corrected chi connectivity index (χ0v) is 14.1. The number of hydrogen-bond acceptors (Lipinski definition) is 3. The first-order valence-corrected chi connectivity index (χ1v) is 8.48. The highest BCUT2D eigenvalue weighted by atomic mass is 19.2. The smallest absolute Gasteiger partial charge is 0.240 e. The maximum Gasteiger partial charge on any atom is 0.240 e. The van der Waals surface area contributed by atoms with Crippen molar-refractivity contribution in [3.8, 4) is 0 Å². The summed E-state index contributed by atoms with van der Waals surface area (Å²) in [6, 6.07) is 3.51. The molecule has 2 aromatic rings. The lowest BCUT2D eigenvalue weighted by Gasteiger charge is -2.14. The van der Waals surface area contributed by atoms with E-state index in [2.05, 4.69) is 15.6 Å². The van der Waals surface area contributed by atoms with E-state index in [1.165, 1.54) is 6.07 Å². The minimum Gasteiger partial charge on any atom is -0.352 e. The number of carbonyl (C=O) groups excluding carboxylic acids is 2. The molecule has 2 N–H and O–H groups in total. The van der Waals surface area contributed by atoms with Gasteiger partial charge in [0.1, 0.15) is 6.54 Å². The Bertz CT molecular complexity index is 780. The lowest BCUT2D eigenvalue weighted by atomic mass is 10.1. The number of aromatic nitrogens is 2. The van der Waals surface area contributed by atoms with Gasteiger partial charge in [0.2, 0.25) is 11.8 Å². The molecule has 0 aliphatic heterocycles. The number of rotatable bonds is 6. The number of nitrogens with zero attached hydrogens (tertiary/aromatic N) is 2. The number of nitrogens with one attached hydrogen (secondary N) is 2. The second-order valence-corrected chi connectivity index (χ2v) is 6.48. The number of halogens is 2. The van der Waals surface area contributed by atoms with E-state index in [1.807, 2.05) is 0 Å². The summed E-state index contributed by atoms with van der Waals surface area (Å²) in [6.07, 6.45) is 6.87. The average Bonchev–Trinajstić information content (AvgIpc) is 3.27. The van der Waals surface area contributed by atoms with E-state index in [4.69, 9.17) is 0 Å². The normalized spacial score (nSPS) is 19.3. The quantitative estimate of drug-likeness (QED) is 0.822. The minimum absolute atomic E-state index is 0.0370. The molecule has 0 bridgehead atoms. The van der Waals surface area contributed by atoms with Crippen molar-refractivity contribution in [2.45, 2.75) is 38.4 Å². The summed E-state index contributed by atoms with van der Waals surface area (Å²) in [7, 11) is 0. The van der Waals surface area contributed by atoms with Crippen LogP contribution >= 0.6 is 0 Å². The number of imidazole rings is 1. The molecule has 6 nitrogen and oxygen atoms in total. The fourth-order valence-corrected chi connectivity index (χ4v) is 3.15. The van der Waals surface area contributed by atoms with Gasteiger partial charge in [-0.1, -0.05) is 6.07 Å². The van der Waals surface area contributed by atoms with E-state index < -0.39 is 11.6 Å². The van der Waals surface area contributed by atoms with E-state index in [-0.39, 0.29) is 36.9 Å². The molecule has 0 unspecified atom stereocenters. The molecule has 0 radical (unpaired) electrons. The van der Waals surface area contributed by atoms with E-state index in [0.29, 0.717) is 18.4 Å². The van der Waals surface area contributed by atoms with Crippen LogP contribution in [-0.2, 0) is 22.7 Å². The molecular formula is C18H20F2N4O2. The Morgan fingerprint density at radius 3 is 2.81 bits per heavy atom. The first kappa shape index (κ1) is 18.0. The second kappa shape index (κ2) is 8.07. The molecule has 26 heavy (non-hydrogen) atoms. The minimum atomic E-state index is -0.932. The maximum absolute atomic E-state index is 13.2. The summed E-state index contributed by atoms with van der Waals surface area (Å²) in [5.74, 6) is -2.29. The van der Waals surface area contributed by atoms with Crippen LogP contribution in [0.1, 0.15) is 24.8 Å². The third kappa shape index (κ3) is 4.65. The Hall–Kier alpha value is -2.77. The van der Waals surface area contributed by atoms with Gasteiger partial charge in [-0.25, -0.2) is 13.8 Å². The Kier molecular flexibility index (Phi) is 5.60. The van der Waals surface area contributed by atoms with Crippen molar-refractivity contribution in [2.24, 2.45) is 5.92 Å². The second-order valence-electron chi connectivity index (χ2n) is 6.48. The third-order valence-electron chi connectivity index (χ3n) is 4.50. The Morgan fingerprint density at radius 1 is 1.23 bits per heavy atom. The van der Waals surface area contributed by atoms with Crippen molar-refractivity contribution in [3.05, 3.63) is 54.1 Å². The van der Waals surface area contributed by atoms with Crippen LogP contribution in [0.3, 0.4) is 0 Å². The Morgan fingerprint density at radius 2 is 2.08 bits per heavy atom. The number of amides is 2. The van der Waals surface area contributed by atoms with Crippen LogP contribution in [0.25, 0.3) is 0 Å². The molecule has 8 heteroatoms. The third-order valence-corrected chi connectivity index (χ3v) is 4.50. The number of hydrogen-bond donors (Lipinski definition) is 2. The van der Waals surface area contributed by atoms with E-state index in [1.54, 1.807) is 23.3 Å². The van der Waals surface area contributed by atoms with Crippen LogP contribution in [0.4, 0.5) is 8.78 Å². The largest absolute Gasteiger partial charge is 0.352 e. The monoisotopic (exact) mass is 362 g/mol. The Labute approximate surface area is 149 Å². The van der Waals surface area contributed by atoms with Crippen molar-refractivity contribution in [2.75, 3.05) is 0 Å². The van der Waals surface area contributed by atoms with Gasteiger partial charge in [0, 0.05) is 30.9 Å². The predicted molar refractivity (Wildman–Crippen MR) is 89.7 cm³/mol. The molecule has 1 aliphatic carbocycles. The van der Waals surface area contributed by atoms with Gasteiger partial charge in [-0.05, 0) is 37.0 Å². The van der Waals surface area contributed by atoms with E-state index >= 15 is 0 Å². The molecule has 1 heterocycles. The van der Waals surface area contributed by atoms with Gasteiger partial charge in [0.15, 0.2) is 11.6 Å². The van der Waals surface area contributed by atoms with Crippen molar-refractivity contribution < 1.29 is 18.4 Å². The molecule has 1 saturated carbocycles. The fraction of sp³-hybridized carbons (Fsp3) is 0.389. The molecular weight excluding hydrogens is 342 g/mol. The van der Waals surface area contributed by atoms with E-state index in [9.17, 15) is 18.4 Å². The zero-order chi connectivity index (χ0) is 18.5. The molecule has 2 atom stereocenters. The fourth-order valence-electron chi connectivity index (χ4n) is 3.15. The Balaban J connectivity index is 1.43. The average molecular weight is 362 g/mol. The van der Waals surface area contributed by atoms with Crippen molar-refractivity contribution in [1.29, 1.82) is 0 Å². The molecule has 1 aromatic carbocycles. The van der Waals surface area contributed by atoms with Crippen LogP contribution in [0, 0.1) is 17.6 Å². The predicted octanol–water partition coefficient (Wildman–Crippen LogP) is 1.76.